The van der Waals surface area contributed by atoms with E-state index in [4.69, 9.17) is 5.73 Å². The number of rotatable bonds is 5. The molecule has 0 aliphatic carbocycles. The van der Waals surface area contributed by atoms with E-state index in [1.165, 1.54) is 10.5 Å². The molecule has 0 aliphatic rings. The molecule has 0 fully saturated rings. The van der Waals surface area contributed by atoms with Gasteiger partial charge in [0.15, 0.2) is 0 Å². The molecule has 2 heteroatoms. The average molecular weight is 223 g/mol. The highest BCUT2D eigenvalue weighted by Crippen LogP contribution is 2.23. The standard InChI is InChI=1S/C13H21NS/c1-10(2)15-13-8-6-12(7-9-13)5-4-11(3)14/h6-11H,4-5,14H2,1-3H3. The number of hydrogen-bond acceptors (Lipinski definition) is 2. The van der Waals surface area contributed by atoms with Crippen molar-refractivity contribution in [2.24, 2.45) is 5.73 Å². The lowest BCUT2D eigenvalue weighted by Gasteiger charge is -2.07. The maximum atomic E-state index is 5.73. The molecule has 0 aromatic heterocycles. The fraction of sp³-hybridized carbons (Fsp3) is 0.538. The maximum absolute atomic E-state index is 5.73. The molecule has 0 aliphatic heterocycles. The molecule has 0 radical (unpaired) electrons. The van der Waals surface area contributed by atoms with Gasteiger partial charge in [0.05, 0.1) is 0 Å². The van der Waals surface area contributed by atoms with Crippen molar-refractivity contribution in [1.29, 1.82) is 0 Å². The molecular weight excluding hydrogens is 202 g/mol. The second-order valence-electron chi connectivity index (χ2n) is 4.33. The molecule has 1 unspecified atom stereocenters. The van der Waals surface area contributed by atoms with Gasteiger partial charge in [0.2, 0.25) is 0 Å². The Morgan fingerprint density at radius 1 is 1.13 bits per heavy atom. The van der Waals surface area contributed by atoms with E-state index in [2.05, 4.69) is 45.0 Å². The van der Waals surface area contributed by atoms with Gasteiger partial charge in [-0.3, -0.25) is 0 Å². The summed E-state index contributed by atoms with van der Waals surface area (Å²) in [5, 5.41) is 0.653. The molecular formula is C13H21NS. The molecule has 1 nitrogen and oxygen atoms in total. The molecule has 1 atom stereocenters. The van der Waals surface area contributed by atoms with Crippen molar-refractivity contribution in [2.45, 2.75) is 49.8 Å². The van der Waals surface area contributed by atoms with E-state index in [9.17, 15) is 0 Å². The summed E-state index contributed by atoms with van der Waals surface area (Å²) in [6.07, 6.45) is 2.15. The Kier molecular flexibility index (Phi) is 5.20. The molecule has 15 heavy (non-hydrogen) atoms. The van der Waals surface area contributed by atoms with E-state index in [-0.39, 0.29) is 0 Å². The first-order chi connectivity index (χ1) is 7.08. The summed E-state index contributed by atoms with van der Waals surface area (Å²) in [4.78, 5) is 1.36. The zero-order chi connectivity index (χ0) is 11.3. The van der Waals surface area contributed by atoms with Gasteiger partial charge in [0.25, 0.3) is 0 Å². The normalized spacial score (nSPS) is 13.1. The predicted molar refractivity (Wildman–Crippen MR) is 69.4 cm³/mol. The highest BCUT2D eigenvalue weighted by Gasteiger charge is 2.00. The Hall–Kier alpha value is -0.470. The minimum Gasteiger partial charge on any atom is -0.328 e. The van der Waals surface area contributed by atoms with Gasteiger partial charge >= 0.3 is 0 Å². The van der Waals surface area contributed by atoms with Crippen LogP contribution in [0.15, 0.2) is 29.2 Å². The molecule has 1 rings (SSSR count). The van der Waals surface area contributed by atoms with Crippen LogP contribution in [0.1, 0.15) is 32.8 Å². The maximum Gasteiger partial charge on any atom is 0.00747 e. The van der Waals surface area contributed by atoms with Crippen LogP contribution in [0.5, 0.6) is 0 Å². The van der Waals surface area contributed by atoms with Crippen LogP contribution in [-0.2, 0) is 6.42 Å². The first-order valence-corrected chi connectivity index (χ1v) is 6.47. The van der Waals surface area contributed by atoms with Gasteiger partial charge in [-0.05, 0) is 37.5 Å². The van der Waals surface area contributed by atoms with Crippen LogP contribution >= 0.6 is 11.8 Å². The highest BCUT2D eigenvalue weighted by atomic mass is 32.2. The van der Waals surface area contributed by atoms with Gasteiger partial charge in [-0.2, -0.15) is 0 Å². The van der Waals surface area contributed by atoms with Crippen molar-refractivity contribution in [3.05, 3.63) is 29.8 Å². The Morgan fingerprint density at radius 2 is 1.73 bits per heavy atom. The fourth-order valence-electron chi connectivity index (χ4n) is 1.40. The van der Waals surface area contributed by atoms with Crippen molar-refractivity contribution in [3.8, 4) is 0 Å². The van der Waals surface area contributed by atoms with E-state index < -0.39 is 0 Å². The summed E-state index contributed by atoms with van der Waals surface area (Å²) >= 11 is 1.91. The van der Waals surface area contributed by atoms with Gasteiger partial charge in [-0.1, -0.05) is 26.0 Å². The number of hydrogen-bond donors (Lipinski definition) is 1. The molecule has 2 N–H and O–H groups in total. The van der Waals surface area contributed by atoms with Crippen LogP contribution in [0.3, 0.4) is 0 Å². The largest absolute Gasteiger partial charge is 0.328 e. The van der Waals surface area contributed by atoms with Crippen LogP contribution in [0, 0.1) is 0 Å². The van der Waals surface area contributed by atoms with Crippen molar-refractivity contribution < 1.29 is 0 Å². The summed E-state index contributed by atoms with van der Waals surface area (Å²) in [6, 6.07) is 9.15. The Labute approximate surface area is 97.4 Å². The summed E-state index contributed by atoms with van der Waals surface area (Å²) < 4.78 is 0. The third-order valence-electron chi connectivity index (χ3n) is 2.18. The van der Waals surface area contributed by atoms with Gasteiger partial charge in [-0.15, -0.1) is 11.8 Å². The fourth-order valence-corrected chi connectivity index (χ4v) is 2.24. The van der Waals surface area contributed by atoms with Crippen LogP contribution in [0.2, 0.25) is 0 Å². The average Bonchev–Trinajstić information content (AvgIpc) is 2.16. The van der Waals surface area contributed by atoms with Crippen molar-refractivity contribution in [2.75, 3.05) is 0 Å². The van der Waals surface area contributed by atoms with Gasteiger partial charge in [0, 0.05) is 16.2 Å². The van der Waals surface area contributed by atoms with Crippen molar-refractivity contribution in [3.63, 3.8) is 0 Å². The Morgan fingerprint density at radius 3 is 2.20 bits per heavy atom. The molecule has 0 saturated carbocycles. The van der Waals surface area contributed by atoms with Crippen molar-refractivity contribution >= 4 is 11.8 Å². The molecule has 0 amide bonds. The lowest BCUT2D eigenvalue weighted by atomic mass is 10.1. The van der Waals surface area contributed by atoms with E-state index in [0.29, 0.717) is 11.3 Å². The third-order valence-corrected chi connectivity index (χ3v) is 3.20. The summed E-state index contributed by atoms with van der Waals surface area (Å²) in [5.41, 5.74) is 7.12. The lowest BCUT2D eigenvalue weighted by molar-refractivity contribution is 0.666. The minimum atomic E-state index is 0.301. The third kappa shape index (κ3) is 5.24. The smallest absolute Gasteiger partial charge is 0.00747 e. The number of thioether (sulfide) groups is 1. The van der Waals surface area contributed by atoms with Crippen LogP contribution in [0.25, 0.3) is 0 Å². The predicted octanol–water partition coefficient (Wildman–Crippen LogP) is 3.47. The first-order valence-electron chi connectivity index (χ1n) is 5.59. The molecule has 0 saturated heterocycles. The number of aryl methyl sites for hydroxylation is 1. The van der Waals surface area contributed by atoms with E-state index in [0.717, 1.165) is 12.8 Å². The second kappa shape index (κ2) is 6.19. The molecule has 0 bridgehead atoms. The zero-order valence-corrected chi connectivity index (χ0v) is 10.7. The van der Waals surface area contributed by atoms with E-state index in [1.54, 1.807) is 0 Å². The Balaban J connectivity index is 2.49. The molecule has 0 spiro atoms. The first kappa shape index (κ1) is 12.6. The van der Waals surface area contributed by atoms with Crippen molar-refractivity contribution in [1.82, 2.24) is 0 Å². The summed E-state index contributed by atoms with van der Waals surface area (Å²) in [7, 11) is 0. The number of nitrogens with two attached hydrogens (primary N) is 1. The topological polar surface area (TPSA) is 26.0 Å². The summed E-state index contributed by atoms with van der Waals surface area (Å²) in [6.45, 7) is 6.49. The van der Waals surface area contributed by atoms with Crippen LogP contribution < -0.4 is 5.73 Å². The monoisotopic (exact) mass is 223 g/mol. The Bertz CT molecular complexity index is 277. The molecule has 1 aromatic rings. The molecule has 1 aromatic carbocycles. The van der Waals surface area contributed by atoms with E-state index >= 15 is 0 Å². The zero-order valence-electron chi connectivity index (χ0n) is 9.86. The SMILES string of the molecule is CC(N)CCc1ccc(SC(C)C)cc1. The number of benzene rings is 1. The van der Waals surface area contributed by atoms with Crippen LogP contribution in [0.4, 0.5) is 0 Å². The van der Waals surface area contributed by atoms with E-state index in [1.807, 2.05) is 11.8 Å². The molecule has 84 valence electrons. The quantitative estimate of drug-likeness (QED) is 0.774. The van der Waals surface area contributed by atoms with Gasteiger partial charge in [0.1, 0.15) is 0 Å². The second-order valence-corrected chi connectivity index (χ2v) is 5.98. The minimum absolute atomic E-state index is 0.301. The summed E-state index contributed by atoms with van der Waals surface area (Å²) in [5.74, 6) is 0. The molecule has 0 heterocycles. The van der Waals surface area contributed by atoms with Gasteiger partial charge in [-0.25, -0.2) is 0 Å². The highest BCUT2D eigenvalue weighted by molar-refractivity contribution is 7.99. The van der Waals surface area contributed by atoms with Gasteiger partial charge < -0.3 is 5.73 Å². The van der Waals surface area contributed by atoms with Crippen LogP contribution in [-0.4, -0.2) is 11.3 Å². The lowest BCUT2D eigenvalue weighted by Crippen LogP contribution is -2.15.